The predicted octanol–water partition coefficient (Wildman–Crippen LogP) is 5.06. The number of halogens is 1. The number of benzene rings is 1. The third-order valence-electron chi connectivity index (χ3n) is 7.11. The van der Waals surface area contributed by atoms with Gasteiger partial charge >= 0.3 is 0 Å². The summed E-state index contributed by atoms with van der Waals surface area (Å²) < 4.78 is 0. The van der Waals surface area contributed by atoms with Crippen molar-refractivity contribution < 1.29 is 0 Å². The van der Waals surface area contributed by atoms with Crippen LogP contribution in [0.5, 0.6) is 0 Å². The molecule has 0 spiro atoms. The van der Waals surface area contributed by atoms with Crippen LogP contribution in [0.2, 0.25) is 5.02 Å². The van der Waals surface area contributed by atoms with E-state index in [2.05, 4.69) is 52.4 Å². The van der Waals surface area contributed by atoms with E-state index < -0.39 is 0 Å². The summed E-state index contributed by atoms with van der Waals surface area (Å²) in [5.41, 5.74) is 3.42. The fourth-order valence-corrected chi connectivity index (χ4v) is 6.51. The van der Waals surface area contributed by atoms with Gasteiger partial charge in [-0.05, 0) is 64.5 Å². The van der Waals surface area contributed by atoms with Gasteiger partial charge in [-0.25, -0.2) is 0 Å². The number of anilines is 1. The van der Waals surface area contributed by atoms with Gasteiger partial charge in [-0.2, -0.15) is 0 Å². The molecule has 31 heavy (non-hydrogen) atoms. The molecule has 0 bridgehead atoms. The number of nitrogens with one attached hydrogen (secondary N) is 2. The SMILES string of the molecule is CN(C)[C@@H]1CCN(CC[C@H]2CSC(c3cc4cc(Cl)cc(NC5CCCC5)c4[nH]3)=N2)C1. The number of rotatable bonds is 7. The number of aliphatic imine (C=N–C) groups is 1. The molecule has 1 saturated carbocycles. The van der Waals surface area contributed by atoms with Crippen LogP contribution in [-0.4, -0.2) is 77.4 Å². The average Bonchev–Trinajstić information content (AvgIpc) is 3.51. The molecule has 0 radical (unpaired) electrons. The molecule has 2 N–H and O–H groups in total. The predicted molar refractivity (Wildman–Crippen MR) is 135 cm³/mol. The van der Waals surface area contributed by atoms with E-state index in [1.54, 1.807) is 0 Å². The Morgan fingerprint density at radius 3 is 2.84 bits per heavy atom. The van der Waals surface area contributed by atoms with Gasteiger partial charge in [0.05, 0.1) is 22.9 Å². The van der Waals surface area contributed by atoms with E-state index in [1.807, 2.05) is 11.8 Å². The van der Waals surface area contributed by atoms with Gasteiger partial charge in [0.15, 0.2) is 0 Å². The summed E-state index contributed by atoms with van der Waals surface area (Å²) in [6, 6.07) is 8.03. The number of fused-ring (bicyclic) bond motifs is 1. The Hall–Kier alpha value is -1.21. The molecule has 2 aliphatic heterocycles. The summed E-state index contributed by atoms with van der Waals surface area (Å²) in [4.78, 5) is 13.7. The lowest BCUT2D eigenvalue weighted by molar-refractivity contribution is 0.265. The zero-order valence-electron chi connectivity index (χ0n) is 18.7. The van der Waals surface area contributed by atoms with E-state index in [1.165, 1.54) is 50.6 Å². The zero-order valence-corrected chi connectivity index (χ0v) is 20.2. The summed E-state index contributed by atoms with van der Waals surface area (Å²) in [5.74, 6) is 1.09. The lowest BCUT2D eigenvalue weighted by Gasteiger charge is -2.20. The zero-order chi connectivity index (χ0) is 21.4. The van der Waals surface area contributed by atoms with Crippen molar-refractivity contribution in [3.63, 3.8) is 0 Å². The van der Waals surface area contributed by atoms with Crippen molar-refractivity contribution >= 4 is 45.0 Å². The molecule has 0 unspecified atom stereocenters. The Balaban J connectivity index is 1.26. The molecule has 2 fully saturated rings. The van der Waals surface area contributed by atoms with Crippen molar-refractivity contribution in [1.29, 1.82) is 0 Å². The average molecular weight is 460 g/mol. The molecule has 1 aromatic carbocycles. The number of likely N-dealkylation sites (N-methyl/N-ethyl adjacent to an activating group) is 1. The van der Waals surface area contributed by atoms with Gasteiger partial charge in [-0.15, -0.1) is 11.8 Å². The van der Waals surface area contributed by atoms with Crippen LogP contribution in [0.25, 0.3) is 10.9 Å². The van der Waals surface area contributed by atoms with Crippen molar-refractivity contribution in [2.75, 3.05) is 44.8 Å². The number of aromatic amines is 1. The molecule has 7 heteroatoms. The fourth-order valence-electron chi connectivity index (χ4n) is 5.21. The number of aromatic nitrogens is 1. The molecule has 0 amide bonds. The lowest BCUT2D eigenvalue weighted by atomic mass is 10.2. The summed E-state index contributed by atoms with van der Waals surface area (Å²) in [5, 5.41) is 6.84. The lowest BCUT2D eigenvalue weighted by Crippen LogP contribution is -2.32. The number of likely N-dealkylation sites (tertiary alicyclic amines) is 1. The van der Waals surface area contributed by atoms with E-state index in [-0.39, 0.29) is 0 Å². The first kappa shape index (κ1) is 21.6. The second kappa shape index (κ2) is 9.34. The molecule has 3 heterocycles. The third-order valence-corrected chi connectivity index (χ3v) is 8.48. The summed E-state index contributed by atoms with van der Waals surface area (Å²) in [7, 11) is 4.39. The summed E-state index contributed by atoms with van der Waals surface area (Å²) in [6.07, 6.45) is 7.57. The second-order valence-corrected chi connectivity index (χ2v) is 11.1. The smallest absolute Gasteiger partial charge is 0.114 e. The maximum Gasteiger partial charge on any atom is 0.114 e. The van der Waals surface area contributed by atoms with Crippen LogP contribution >= 0.6 is 23.4 Å². The van der Waals surface area contributed by atoms with E-state index in [0.717, 1.165) is 45.7 Å². The number of thioether (sulfide) groups is 1. The number of hydrogen-bond donors (Lipinski definition) is 2. The largest absolute Gasteiger partial charge is 0.381 e. The molecule has 5 nitrogen and oxygen atoms in total. The van der Waals surface area contributed by atoms with Crippen LogP contribution in [-0.2, 0) is 0 Å². The normalized spacial score (nSPS) is 25.2. The maximum absolute atomic E-state index is 6.44. The Morgan fingerprint density at radius 2 is 2.06 bits per heavy atom. The minimum atomic E-state index is 0.421. The van der Waals surface area contributed by atoms with Crippen molar-refractivity contribution in [3.05, 3.63) is 28.9 Å². The third kappa shape index (κ3) is 4.92. The van der Waals surface area contributed by atoms with Crippen LogP contribution < -0.4 is 5.32 Å². The number of H-pyrrole nitrogens is 1. The standard InChI is InChI=1S/C24H34ClN5S/c1-29(2)20-8-10-30(14-20)9-7-19-15-31-24(27-19)22-12-16-11-17(25)13-21(23(16)28-22)26-18-5-3-4-6-18/h11-13,18-20,26,28H,3-10,14-15H2,1-2H3/t19-,20+/m0/s1. The maximum atomic E-state index is 6.44. The second-order valence-electron chi connectivity index (χ2n) is 9.62. The first-order valence-corrected chi connectivity index (χ1v) is 13.1. The van der Waals surface area contributed by atoms with Crippen molar-refractivity contribution in [2.45, 2.75) is 56.7 Å². The molecule has 5 rings (SSSR count). The highest BCUT2D eigenvalue weighted by atomic mass is 35.5. The quantitative estimate of drug-likeness (QED) is 0.607. The molecular formula is C24H34ClN5S. The molecular weight excluding hydrogens is 426 g/mol. The van der Waals surface area contributed by atoms with E-state index in [4.69, 9.17) is 16.6 Å². The first-order valence-electron chi connectivity index (χ1n) is 11.7. The first-order chi connectivity index (χ1) is 15.0. The Labute approximate surface area is 195 Å². The van der Waals surface area contributed by atoms with Gasteiger partial charge in [-0.1, -0.05) is 24.4 Å². The van der Waals surface area contributed by atoms with Crippen molar-refractivity contribution in [1.82, 2.24) is 14.8 Å². The Bertz CT molecular complexity index is 949. The van der Waals surface area contributed by atoms with Crippen LogP contribution in [0.15, 0.2) is 23.2 Å². The number of hydrogen-bond acceptors (Lipinski definition) is 5. The van der Waals surface area contributed by atoms with Gasteiger partial charge in [-0.3, -0.25) is 4.99 Å². The minimum absolute atomic E-state index is 0.421. The molecule has 1 saturated heterocycles. The summed E-state index contributed by atoms with van der Waals surface area (Å²) >= 11 is 8.33. The molecule has 2 aromatic rings. The topological polar surface area (TPSA) is 46.7 Å². The molecule has 1 aromatic heterocycles. The van der Waals surface area contributed by atoms with Crippen LogP contribution in [0.3, 0.4) is 0 Å². The van der Waals surface area contributed by atoms with Gasteiger partial charge < -0.3 is 20.1 Å². The van der Waals surface area contributed by atoms with E-state index >= 15 is 0 Å². The Kier molecular flexibility index (Phi) is 6.52. The Morgan fingerprint density at radius 1 is 1.23 bits per heavy atom. The molecule has 3 aliphatic rings. The van der Waals surface area contributed by atoms with Gasteiger partial charge in [0.2, 0.25) is 0 Å². The van der Waals surface area contributed by atoms with E-state index in [0.29, 0.717) is 18.1 Å². The molecule has 168 valence electrons. The van der Waals surface area contributed by atoms with Crippen molar-refractivity contribution in [2.24, 2.45) is 4.99 Å². The molecule has 2 atom stereocenters. The highest BCUT2D eigenvalue weighted by Gasteiger charge is 2.26. The van der Waals surface area contributed by atoms with Gasteiger partial charge in [0.1, 0.15) is 5.04 Å². The number of nitrogens with zero attached hydrogens (tertiary/aromatic N) is 3. The highest BCUT2D eigenvalue weighted by Crippen LogP contribution is 2.33. The summed E-state index contributed by atoms with van der Waals surface area (Å²) in [6.45, 7) is 3.58. The van der Waals surface area contributed by atoms with E-state index in [9.17, 15) is 0 Å². The van der Waals surface area contributed by atoms with Crippen LogP contribution in [0.1, 0.15) is 44.2 Å². The van der Waals surface area contributed by atoms with Gasteiger partial charge in [0, 0.05) is 41.3 Å². The van der Waals surface area contributed by atoms with Crippen molar-refractivity contribution in [3.8, 4) is 0 Å². The highest BCUT2D eigenvalue weighted by molar-refractivity contribution is 8.14. The fraction of sp³-hybridized carbons (Fsp3) is 0.625. The van der Waals surface area contributed by atoms with Gasteiger partial charge in [0.25, 0.3) is 0 Å². The minimum Gasteiger partial charge on any atom is -0.381 e. The van der Waals surface area contributed by atoms with Crippen LogP contribution in [0.4, 0.5) is 5.69 Å². The monoisotopic (exact) mass is 459 g/mol. The van der Waals surface area contributed by atoms with Crippen LogP contribution in [0, 0.1) is 0 Å². The molecule has 1 aliphatic carbocycles.